The lowest BCUT2D eigenvalue weighted by molar-refractivity contribution is 0.267. The lowest BCUT2D eigenvalue weighted by Gasteiger charge is -2.16. The maximum atomic E-state index is 9.40. The van der Waals surface area contributed by atoms with Gasteiger partial charge in [-0.1, -0.05) is 11.6 Å². The average molecular weight is 312 g/mol. The van der Waals surface area contributed by atoms with Crippen molar-refractivity contribution in [2.75, 3.05) is 11.9 Å². The zero-order valence-corrected chi connectivity index (χ0v) is 13.1. The number of nitrogens with one attached hydrogen (secondary N) is 1. The minimum atomic E-state index is -0.0376. The number of rotatable bonds is 6. The zero-order valence-electron chi connectivity index (χ0n) is 11.5. The van der Waals surface area contributed by atoms with E-state index in [0.717, 1.165) is 21.3 Å². The second-order valence-corrected chi connectivity index (χ2v) is 6.17. The standard InChI is InChI=1S/C15H18ClNO2S/c1-3-19-13-5-4-12(8-11(13)9-18)17-10(2)14-6-7-15(16)20-14/h4-8,10,17-18H,3,9H2,1-2H3. The summed E-state index contributed by atoms with van der Waals surface area (Å²) >= 11 is 7.52. The van der Waals surface area contributed by atoms with Crippen molar-refractivity contribution >= 4 is 28.6 Å². The third kappa shape index (κ3) is 3.66. The second kappa shape index (κ2) is 6.97. The van der Waals surface area contributed by atoms with Gasteiger partial charge in [-0.3, -0.25) is 0 Å². The molecule has 1 heterocycles. The first-order valence-electron chi connectivity index (χ1n) is 6.52. The fourth-order valence-electron chi connectivity index (χ4n) is 1.97. The topological polar surface area (TPSA) is 41.5 Å². The molecule has 1 unspecified atom stereocenters. The molecule has 0 bridgehead atoms. The van der Waals surface area contributed by atoms with E-state index in [0.29, 0.717) is 6.61 Å². The van der Waals surface area contributed by atoms with Gasteiger partial charge in [0.15, 0.2) is 0 Å². The highest BCUT2D eigenvalue weighted by molar-refractivity contribution is 7.16. The zero-order chi connectivity index (χ0) is 14.5. The Morgan fingerprint density at radius 1 is 1.35 bits per heavy atom. The number of anilines is 1. The van der Waals surface area contributed by atoms with E-state index in [1.54, 1.807) is 11.3 Å². The van der Waals surface area contributed by atoms with Gasteiger partial charge in [0.25, 0.3) is 0 Å². The van der Waals surface area contributed by atoms with Crippen LogP contribution in [0, 0.1) is 0 Å². The van der Waals surface area contributed by atoms with Crippen LogP contribution in [0.3, 0.4) is 0 Å². The molecule has 0 radical (unpaired) electrons. The molecule has 0 aliphatic rings. The van der Waals surface area contributed by atoms with Crippen molar-refractivity contribution in [2.45, 2.75) is 26.5 Å². The predicted octanol–water partition coefficient (Wildman–Crippen LogP) is 4.47. The van der Waals surface area contributed by atoms with Gasteiger partial charge in [0, 0.05) is 16.1 Å². The lowest BCUT2D eigenvalue weighted by atomic mass is 10.1. The van der Waals surface area contributed by atoms with Crippen LogP contribution in [0.1, 0.15) is 30.3 Å². The number of hydrogen-bond acceptors (Lipinski definition) is 4. The summed E-state index contributed by atoms with van der Waals surface area (Å²) < 4.78 is 6.26. The average Bonchev–Trinajstić information content (AvgIpc) is 2.87. The van der Waals surface area contributed by atoms with Gasteiger partial charge < -0.3 is 15.2 Å². The number of aliphatic hydroxyl groups is 1. The Morgan fingerprint density at radius 3 is 2.75 bits per heavy atom. The first kappa shape index (κ1) is 15.2. The molecular weight excluding hydrogens is 294 g/mol. The van der Waals surface area contributed by atoms with E-state index in [-0.39, 0.29) is 12.6 Å². The molecule has 1 aromatic carbocycles. The molecule has 2 N–H and O–H groups in total. The van der Waals surface area contributed by atoms with E-state index in [1.165, 1.54) is 4.88 Å². The SMILES string of the molecule is CCOc1ccc(NC(C)c2ccc(Cl)s2)cc1CO. The molecule has 0 aliphatic heterocycles. The maximum Gasteiger partial charge on any atom is 0.124 e. The predicted molar refractivity (Wildman–Crippen MR) is 84.9 cm³/mol. The molecule has 0 amide bonds. The number of halogens is 1. The molecule has 5 heteroatoms. The Labute approximate surface area is 128 Å². The van der Waals surface area contributed by atoms with E-state index in [4.69, 9.17) is 16.3 Å². The summed E-state index contributed by atoms with van der Waals surface area (Å²) in [6.07, 6.45) is 0. The number of hydrogen-bond donors (Lipinski definition) is 2. The summed E-state index contributed by atoms with van der Waals surface area (Å²) in [7, 11) is 0. The van der Waals surface area contributed by atoms with Crippen molar-refractivity contribution in [3.63, 3.8) is 0 Å². The van der Waals surface area contributed by atoms with Crippen LogP contribution in [-0.2, 0) is 6.61 Å². The lowest BCUT2D eigenvalue weighted by Crippen LogP contribution is -2.06. The van der Waals surface area contributed by atoms with E-state index < -0.39 is 0 Å². The second-order valence-electron chi connectivity index (χ2n) is 4.42. The van der Waals surface area contributed by atoms with Gasteiger partial charge in [0.2, 0.25) is 0 Å². The summed E-state index contributed by atoms with van der Waals surface area (Å²) in [4.78, 5) is 1.18. The maximum absolute atomic E-state index is 9.40. The summed E-state index contributed by atoms with van der Waals surface area (Å²) in [5.41, 5.74) is 1.74. The first-order chi connectivity index (χ1) is 9.63. The van der Waals surface area contributed by atoms with Crippen LogP contribution in [0.2, 0.25) is 4.34 Å². The van der Waals surface area contributed by atoms with Crippen molar-refractivity contribution in [1.29, 1.82) is 0 Å². The highest BCUT2D eigenvalue weighted by atomic mass is 35.5. The normalized spacial score (nSPS) is 12.2. The highest BCUT2D eigenvalue weighted by Crippen LogP contribution is 2.30. The van der Waals surface area contributed by atoms with Gasteiger partial charge in [-0.25, -0.2) is 0 Å². The van der Waals surface area contributed by atoms with Gasteiger partial charge in [-0.15, -0.1) is 11.3 Å². The molecule has 0 saturated carbocycles. The minimum Gasteiger partial charge on any atom is -0.494 e. The Morgan fingerprint density at radius 2 is 2.15 bits per heavy atom. The molecule has 0 aliphatic carbocycles. The van der Waals surface area contributed by atoms with Crippen LogP contribution in [0.4, 0.5) is 5.69 Å². The Hall–Kier alpha value is -1.23. The van der Waals surface area contributed by atoms with Crippen molar-refractivity contribution in [3.05, 3.63) is 45.1 Å². The van der Waals surface area contributed by atoms with Crippen LogP contribution in [0.5, 0.6) is 5.75 Å². The molecule has 1 atom stereocenters. The number of aliphatic hydroxyl groups excluding tert-OH is 1. The molecule has 3 nitrogen and oxygen atoms in total. The van der Waals surface area contributed by atoms with E-state index in [1.807, 2.05) is 37.3 Å². The monoisotopic (exact) mass is 311 g/mol. The quantitative estimate of drug-likeness (QED) is 0.827. The number of ether oxygens (including phenoxy) is 1. The van der Waals surface area contributed by atoms with Gasteiger partial charge in [-0.2, -0.15) is 0 Å². The Bertz CT molecular complexity index is 571. The third-order valence-corrected chi connectivity index (χ3v) is 4.35. The fraction of sp³-hybridized carbons (Fsp3) is 0.333. The third-order valence-electron chi connectivity index (χ3n) is 2.93. The molecule has 2 aromatic rings. The molecule has 0 saturated heterocycles. The molecule has 2 rings (SSSR count). The van der Waals surface area contributed by atoms with Crippen LogP contribution >= 0.6 is 22.9 Å². The summed E-state index contributed by atoms with van der Waals surface area (Å²) in [5, 5.41) is 12.8. The molecule has 20 heavy (non-hydrogen) atoms. The van der Waals surface area contributed by atoms with Crippen LogP contribution in [-0.4, -0.2) is 11.7 Å². The fourth-order valence-corrected chi connectivity index (χ4v) is 3.03. The highest BCUT2D eigenvalue weighted by Gasteiger charge is 2.10. The molecule has 0 fully saturated rings. The number of thiophene rings is 1. The summed E-state index contributed by atoms with van der Waals surface area (Å²) in [6, 6.07) is 9.83. The van der Waals surface area contributed by atoms with E-state index >= 15 is 0 Å². The van der Waals surface area contributed by atoms with Gasteiger partial charge in [-0.05, 0) is 44.2 Å². The van der Waals surface area contributed by atoms with Crippen molar-refractivity contribution in [1.82, 2.24) is 0 Å². The first-order valence-corrected chi connectivity index (χ1v) is 7.71. The molecule has 1 aromatic heterocycles. The largest absolute Gasteiger partial charge is 0.494 e. The minimum absolute atomic E-state index is 0.0376. The smallest absolute Gasteiger partial charge is 0.124 e. The Balaban J connectivity index is 2.13. The van der Waals surface area contributed by atoms with Crippen molar-refractivity contribution < 1.29 is 9.84 Å². The van der Waals surface area contributed by atoms with Crippen molar-refractivity contribution in [2.24, 2.45) is 0 Å². The van der Waals surface area contributed by atoms with Gasteiger partial charge in [0.1, 0.15) is 5.75 Å². The van der Waals surface area contributed by atoms with Crippen LogP contribution in [0.25, 0.3) is 0 Å². The summed E-state index contributed by atoms with van der Waals surface area (Å²) in [5.74, 6) is 0.729. The Kier molecular flexibility index (Phi) is 5.29. The van der Waals surface area contributed by atoms with E-state index in [2.05, 4.69) is 12.2 Å². The van der Waals surface area contributed by atoms with Gasteiger partial charge >= 0.3 is 0 Å². The van der Waals surface area contributed by atoms with Gasteiger partial charge in [0.05, 0.1) is 23.6 Å². The van der Waals surface area contributed by atoms with E-state index in [9.17, 15) is 5.11 Å². The molecule has 0 spiro atoms. The van der Waals surface area contributed by atoms with Crippen molar-refractivity contribution in [3.8, 4) is 5.75 Å². The molecular formula is C15H18ClNO2S. The van der Waals surface area contributed by atoms with Crippen LogP contribution in [0.15, 0.2) is 30.3 Å². The van der Waals surface area contributed by atoms with Crippen LogP contribution < -0.4 is 10.1 Å². The molecule has 108 valence electrons. The summed E-state index contributed by atoms with van der Waals surface area (Å²) in [6.45, 7) is 4.56. The number of benzene rings is 1.